The molecule has 2 aromatic heterocycles. The molecule has 0 amide bonds. The molecule has 2 aromatic rings. The highest BCUT2D eigenvalue weighted by Crippen LogP contribution is 2.20. The van der Waals surface area contributed by atoms with Crippen LogP contribution in [0, 0.1) is 0 Å². The molecule has 0 aliphatic heterocycles. The summed E-state index contributed by atoms with van der Waals surface area (Å²) >= 11 is 0. The van der Waals surface area contributed by atoms with Crippen molar-refractivity contribution in [3.05, 3.63) is 35.9 Å². The van der Waals surface area contributed by atoms with Crippen LogP contribution in [0.25, 0.3) is 0 Å². The number of nitrogens with zero attached hydrogens (tertiary/aromatic N) is 4. The summed E-state index contributed by atoms with van der Waals surface area (Å²) in [5.74, 6) is 0. The van der Waals surface area contributed by atoms with Crippen molar-refractivity contribution in [3.63, 3.8) is 0 Å². The molecular formula is C17H36N6. The lowest BCUT2D eigenvalue weighted by Gasteiger charge is -2.14. The molecule has 2 rings (SSSR count). The van der Waals surface area contributed by atoms with Crippen LogP contribution in [0.1, 0.15) is 52.7 Å². The zero-order valence-electron chi connectivity index (χ0n) is 16.4. The molecule has 0 unspecified atom stereocenters. The van der Waals surface area contributed by atoms with Gasteiger partial charge in [0.15, 0.2) is 0 Å². The minimum atomic E-state index is 0. The van der Waals surface area contributed by atoms with Gasteiger partial charge in [0.05, 0.1) is 12.4 Å². The van der Waals surface area contributed by atoms with Gasteiger partial charge < -0.3 is 11.9 Å². The van der Waals surface area contributed by atoms with E-state index >= 15 is 0 Å². The summed E-state index contributed by atoms with van der Waals surface area (Å²) < 4.78 is 3.67. The SMILES string of the molecule is CN.Cn1cc(C(C)(C)C)cn1.Cn1cc(C(C)(C)C)cn1.N. The predicted molar refractivity (Wildman–Crippen MR) is 98.9 cm³/mol. The van der Waals surface area contributed by atoms with E-state index in [2.05, 4.69) is 69.9 Å². The molecule has 6 heteroatoms. The number of aryl methyl sites for hydroxylation is 2. The van der Waals surface area contributed by atoms with E-state index in [1.165, 1.54) is 18.2 Å². The molecule has 23 heavy (non-hydrogen) atoms. The van der Waals surface area contributed by atoms with E-state index in [0.717, 1.165) is 0 Å². The summed E-state index contributed by atoms with van der Waals surface area (Å²) in [5, 5.41) is 8.20. The van der Waals surface area contributed by atoms with Gasteiger partial charge in [0, 0.05) is 26.5 Å². The fourth-order valence-electron chi connectivity index (χ4n) is 1.62. The quantitative estimate of drug-likeness (QED) is 0.777. The summed E-state index contributed by atoms with van der Waals surface area (Å²) in [5.41, 5.74) is 7.53. The van der Waals surface area contributed by atoms with Crippen LogP contribution >= 0.6 is 0 Å². The van der Waals surface area contributed by atoms with Crippen LogP contribution in [0.5, 0.6) is 0 Å². The van der Waals surface area contributed by atoms with Crippen molar-refractivity contribution in [3.8, 4) is 0 Å². The average molecular weight is 325 g/mol. The van der Waals surface area contributed by atoms with Crippen LogP contribution < -0.4 is 11.9 Å². The molecule has 0 spiro atoms. The fourth-order valence-corrected chi connectivity index (χ4v) is 1.62. The van der Waals surface area contributed by atoms with E-state index in [-0.39, 0.29) is 17.0 Å². The Morgan fingerprint density at radius 1 is 0.739 bits per heavy atom. The van der Waals surface area contributed by atoms with Crippen LogP contribution in [0.2, 0.25) is 0 Å². The highest BCUT2D eigenvalue weighted by molar-refractivity contribution is 5.15. The minimum Gasteiger partial charge on any atom is -0.344 e. The Morgan fingerprint density at radius 2 is 1.00 bits per heavy atom. The zero-order valence-corrected chi connectivity index (χ0v) is 16.4. The molecule has 0 saturated heterocycles. The van der Waals surface area contributed by atoms with Crippen LogP contribution in [0.15, 0.2) is 24.8 Å². The molecular weight excluding hydrogens is 288 g/mol. The second kappa shape index (κ2) is 9.47. The van der Waals surface area contributed by atoms with Crippen LogP contribution in [-0.2, 0) is 24.9 Å². The van der Waals surface area contributed by atoms with Gasteiger partial charge in [0.25, 0.3) is 0 Å². The van der Waals surface area contributed by atoms with E-state index in [1.54, 1.807) is 0 Å². The standard InChI is InChI=1S/2C8H14N2.CH5N.H3N/c2*1-8(2,3)7-5-9-10(4)6-7;1-2;/h2*5-6H,1-4H3;2H2,1H3;1H3. The number of aromatic nitrogens is 4. The molecule has 0 bridgehead atoms. The third-order valence-electron chi connectivity index (χ3n) is 3.14. The van der Waals surface area contributed by atoms with Gasteiger partial charge in [0.2, 0.25) is 0 Å². The van der Waals surface area contributed by atoms with Crippen molar-refractivity contribution in [2.45, 2.75) is 52.4 Å². The molecule has 134 valence electrons. The molecule has 5 N–H and O–H groups in total. The Kier molecular flexibility index (Phi) is 9.72. The van der Waals surface area contributed by atoms with Crippen molar-refractivity contribution in [1.82, 2.24) is 25.7 Å². The lowest BCUT2D eigenvalue weighted by atomic mass is 9.90. The summed E-state index contributed by atoms with van der Waals surface area (Å²) in [6, 6.07) is 0. The van der Waals surface area contributed by atoms with Gasteiger partial charge in [-0.3, -0.25) is 9.36 Å². The van der Waals surface area contributed by atoms with Gasteiger partial charge in [-0.15, -0.1) is 0 Å². The molecule has 0 aromatic carbocycles. The predicted octanol–water partition coefficient (Wildman–Crippen LogP) is 3.17. The molecule has 0 radical (unpaired) electrons. The lowest BCUT2D eigenvalue weighted by Crippen LogP contribution is -2.09. The van der Waals surface area contributed by atoms with Crippen LogP contribution in [0.4, 0.5) is 0 Å². The molecule has 2 heterocycles. The minimum absolute atomic E-state index is 0. The van der Waals surface area contributed by atoms with Gasteiger partial charge in [-0.1, -0.05) is 41.5 Å². The van der Waals surface area contributed by atoms with Crippen molar-refractivity contribution in [1.29, 1.82) is 0 Å². The highest BCUT2D eigenvalue weighted by Gasteiger charge is 2.15. The topological polar surface area (TPSA) is 96.7 Å². The molecule has 0 aliphatic rings. The Balaban J connectivity index is 0. The monoisotopic (exact) mass is 324 g/mol. The zero-order chi connectivity index (χ0) is 17.6. The van der Waals surface area contributed by atoms with E-state index in [1.807, 2.05) is 35.9 Å². The average Bonchev–Trinajstić information content (AvgIpc) is 3.00. The van der Waals surface area contributed by atoms with Crippen molar-refractivity contribution >= 4 is 0 Å². The summed E-state index contributed by atoms with van der Waals surface area (Å²) in [4.78, 5) is 0. The van der Waals surface area contributed by atoms with Gasteiger partial charge in [-0.05, 0) is 29.0 Å². The number of hydrogen-bond donors (Lipinski definition) is 2. The van der Waals surface area contributed by atoms with Crippen molar-refractivity contribution < 1.29 is 0 Å². The smallest absolute Gasteiger partial charge is 0.0526 e. The Bertz CT molecular complexity index is 490. The third kappa shape index (κ3) is 8.52. The summed E-state index contributed by atoms with van der Waals surface area (Å²) in [6.07, 6.45) is 7.94. The van der Waals surface area contributed by atoms with Gasteiger partial charge in [0.1, 0.15) is 0 Å². The van der Waals surface area contributed by atoms with Gasteiger partial charge in [-0.2, -0.15) is 10.2 Å². The van der Waals surface area contributed by atoms with Crippen molar-refractivity contribution in [2.75, 3.05) is 7.05 Å². The van der Waals surface area contributed by atoms with Crippen LogP contribution in [-0.4, -0.2) is 26.6 Å². The first-order valence-corrected chi connectivity index (χ1v) is 7.56. The summed E-state index contributed by atoms with van der Waals surface area (Å²) in [7, 11) is 5.38. The first kappa shape index (κ1) is 23.6. The number of hydrogen-bond acceptors (Lipinski definition) is 4. The first-order valence-electron chi connectivity index (χ1n) is 7.56. The maximum atomic E-state index is 4.50. The largest absolute Gasteiger partial charge is 0.344 e. The highest BCUT2D eigenvalue weighted by atomic mass is 15.2. The maximum Gasteiger partial charge on any atom is 0.0526 e. The van der Waals surface area contributed by atoms with E-state index in [0.29, 0.717) is 0 Å². The molecule has 0 atom stereocenters. The normalized spacial score (nSPS) is 10.7. The Labute approximate surface area is 141 Å². The van der Waals surface area contributed by atoms with Gasteiger partial charge >= 0.3 is 0 Å². The number of rotatable bonds is 0. The maximum absolute atomic E-state index is 4.50. The summed E-state index contributed by atoms with van der Waals surface area (Å²) in [6.45, 7) is 13.1. The van der Waals surface area contributed by atoms with E-state index < -0.39 is 0 Å². The Morgan fingerprint density at radius 3 is 1.09 bits per heavy atom. The molecule has 0 saturated carbocycles. The molecule has 0 aliphatic carbocycles. The molecule has 0 fully saturated rings. The first-order chi connectivity index (χ1) is 10.00. The van der Waals surface area contributed by atoms with E-state index in [9.17, 15) is 0 Å². The number of nitrogens with two attached hydrogens (primary N) is 1. The third-order valence-corrected chi connectivity index (χ3v) is 3.14. The van der Waals surface area contributed by atoms with Crippen molar-refractivity contribution in [2.24, 2.45) is 19.8 Å². The lowest BCUT2D eigenvalue weighted by molar-refractivity contribution is 0.589. The second-order valence-corrected chi connectivity index (χ2v) is 7.31. The molecule has 6 nitrogen and oxygen atoms in total. The fraction of sp³-hybridized carbons (Fsp3) is 0.647. The second-order valence-electron chi connectivity index (χ2n) is 7.31. The van der Waals surface area contributed by atoms with E-state index in [4.69, 9.17) is 0 Å². The van der Waals surface area contributed by atoms with Gasteiger partial charge in [-0.25, -0.2) is 0 Å². The van der Waals surface area contributed by atoms with Crippen LogP contribution in [0.3, 0.4) is 0 Å². The Hall–Kier alpha value is -1.66.